The standard InChI is InChI=1S/C34H64N4O3/c1-24(8-11-32(40)41)27-9-10-28-26-23-31(39)30-22-25(12-14-34(30,3)29(26)13-15-33(27,28)2)38-21-7-20-37-18-5-4-17-36-19-6-16-35/h24-31,36-39H,4-23,35H2,1-3H3,(H,40,41)/t24-,25+,26+,27-,28+,29+,30-,31-,33-,34-/m1/s1. The van der Waals surface area contributed by atoms with E-state index in [1.807, 2.05) is 0 Å². The highest BCUT2D eigenvalue weighted by Gasteiger charge is 2.62. The predicted molar refractivity (Wildman–Crippen MR) is 168 cm³/mol. The van der Waals surface area contributed by atoms with Crippen molar-refractivity contribution >= 4 is 5.97 Å². The molecule has 41 heavy (non-hydrogen) atoms. The van der Waals surface area contributed by atoms with E-state index >= 15 is 0 Å². The second-order valence-electron chi connectivity index (χ2n) is 15.1. The molecular formula is C34H64N4O3. The monoisotopic (exact) mass is 576 g/mol. The van der Waals surface area contributed by atoms with E-state index in [0.717, 1.165) is 77.3 Å². The molecule has 7 N–H and O–H groups in total. The molecule has 7 heteroatoms. The highest BCUT2D eigenvalue weighted by atomic mass is 16.4. The van der Waals surface area contributed by atoms with E-state index in [2.05, 4.69) is 36.7 Å². The van der Waals surface area contributed by atoms with E-state index in [9.17, 15) is 15.0 Å². The number of nitrogens with one attached hydrogen (secondary N) is 3. The van der Waals surface area contributed by atoms with E-state index < -0.39 is 5.97 Å². The van der Waals surface area contributed by atoms with Crippen molar-refractivity contribution in [2.24, 2.45) is 52.1 Å². The first-order valence-corrected chi connectivity index (χ1v) is 17.5. The fourth-order valence-electron chi connectivity index (χ4n) is 10.5. The number of hydrogen-bond donors (Lipinski definition) is 6. The van der Waals surface area contributed by atoms with Gasteiger partial charge < -0.3 is 31.9 Å². The van der Waals surface area contributed by atoms with E-state index in [4.69, 9.17) is 5.73 Å². The summed E-state index contributed by atoms with van der Waals surface area (Å²) in [7, 11) is 0. The number of rotatable bonds is 17. The number of carboxylic acids is 1. The SMILES string of the molecule is C[C@H](CCC(=O)O)[C@H]1CC[C@H]2[C@@H]3C[C@@H](O)[C@H]4C[C@@H](NCCCNCCCCNCCCN)CC[C@]4(C)[C@H]3CC[C@]12C. The van der Waals surface area contributed by atoms with Crippen LogP contribution in [0.3, 0.4) is 0 Å². The Bertz CT molecular complexity index is 813. The van der Waals surface area contributed by atoms with Crippen molar-refractivity contribution in [3.63, 3.8) is 0 Å². The van der Waals surface area contributed by atoms with Crippen LogP contribution in [0.25, 0.3) is 0 Å². The first-order chi connectivity index (χ1) is 19.7. The van der Waals surface area contributed by atoms with Crippen LogP contribution < -0.4 is 21.7 Å². The summed E-state index contributed by atoms with van der Waals surface area (Å²) < 4.78 is 0. The van der Waals surface area contributed by atoms with Gasteiger partial charge >= 0.3 is 5.97 Å². The van der Waals surface area contributed by atoms with Gasteiger partial charge in [0.05, 0.1) is 6.10 Å². The van der Waals surface area contributed by atoms with Gasteiger partial charge in [0.25, 0.3) is 0 Å². The minimum absolute atomic E-state index is 0.178. The second-order valence-corrected chi connectivity index (χ2v) is 15.1. The minimum Gasteiger partial charge on any atom is -0.481 e. The Morgan fingerprint density at radius 1 is 0.854 bits per heavy atom. The topological polar surface area (TPSA) is 120 Å². The number of nitrogens with two attached hydrogens (primary N) is 1. The molecule has 7 nitrogen and oxygen atoms in total. The van der Waals surface area contributed by atoms with Gasteiger partial charge in [-0.2, -0.15) is 0 Å². The van der Waals surface area contributed by atoms with Gasteiger partial charge in [0.2, 0.25) is 0 Å². The molecule has 0 spiro atoms. The molecule has 4 saturated carbocycles. The molecule has 10 atom stereocenters. The van der Waals surface area contributed by atoms with Crippen molar-refractivity contribution in [2.45, 2.75) is 123 Å². The average Bonchev–Trinajstić information content (AvgIpc) is 3.30. The summed E-state index contributed by atoms with van der Waals surface area (Å²) in [6, 6.07) is 0.540. The molecule has 0 bridgehead atoms. The summed E-state index contributed by atoms with van der Waals surface area (Å²) in [5.41, 5.74) is 6.10. The number of carbonyl (C=O) groups is 1. The molecule has 0 aliphatic heterocycles. The Hall–Kier alpha value is -0.730. The summed E-state index contributed by atoms with van der Waals surface area (Å²) in [6.07, 6.45) is 15.3. The maximum atomic E-state index is 11.6. The Kier molecular flexibility index (Phi) is 12.4. The molecule has 0 amide bonds. The van der Waals surface area contributed by atoms with Crippen molar-refractivity contribution in [3.05, 3.63) is 0 Å². The van der Waals surface area contributed by atoms with E-state index in [1.54, 1.807) is 0 Å². The quantitative estimate of drug-likeness (QED) is 0.138. The zero-order valence-corrected chi connectivity index (χ0v) is 26.6. The molecule has 0 aromatic heterocycles. The van der Waals surface area contributed by atoms with Crippen LogP contribution >= 0.6 is 0 Å². The predicted octanol–water partition coefficient (Wildman–Crippen LogP) is 4.77. The molecule has 0 saturated heterocycles. The zero-order chi connectivity index (χ0) is 29.5. The van der Waals surface area contributed by atoms with Crippen molar-refractivity contribution < 1.29 is 15.0 Å². The number of aliphatic carboxylic acids is 1. The number of aliphatic hydroxyl groups excluding tert-OH is 1. The fourth-order valence-corrected chi connectivity index (χ4v) is 10.5. The molecule has 4 rings (SSSR count). The molecule has 0 radical (unpaired) electrons. The lowest BCUT2D eigenvalue weighted by molar-refractivity contribution is -0.162. The van der Waals surface area contributed by atoms with Gasteiger partial charge in [-0.15, -0.1) is 0 Å². The van der Waals surface area contributed by atoms with Crippen molar-refractivity contribution in [3.8, 4) is 0 Å². The Morgan fingerprint density at radius 2 is 1.51 bits per heavy atom. The van der Waals surface area contributed by atoms with Crippen LogP contribution in [-0.4, -0.2) is 67.6 Å². The molecule has 238 valence electrons. The van der Waals surface area contributed by atoms with Crippen LogP contribution in [0.2, 0.25) is 0 Å². The van der Waals surface area contributed by atoms with Gasteiger partial charge in [-0.25, -0.2) is 0 Å². The Balaban J connectivity index is 1.20. The second kappa shape index (κ2) is 15.3. The van der Waals surface area contributed by atoms with Gasteiger partial charge in [-0.05, 0) is 169 Å². The van der Waals surface area contributed by atoms with Crippen LogP contribution in [0.1, 0.15) is 111 Å². The van der Waals surface area contributed by atoms with E-state index in [1.165, 1.54) is 51.4 Å². The molecule has 0 heterocycles. The minimum atomic E-state index is -0.662. The van der Waals surface area contributed by atoms with Gasteiger partial charge in [-0.1, -0.05) is 20.8 Å². The number of unbranched alkanes of at least 4 members (excludes halogenated alkanes) is 1. The third kappa shape index (κ3) is 7.87. The normalized spacial score (nSPS) is 39.1. The van der Waals surface area contributed by atoms with Crippen molar-refractivity contribution in [1.82, 2.24) is 16.0 Å². The number of aliphatic hydroxyl groups is 1. The lowest BCUT2D eigenvalue weighted by Gasteiger charge is -2.62. The summed E-state index contributed by atoms with van der Waals surface area (Å²) in [6.45, 7) is 13.5. The Labute approximate surface area is 250 Å². The molecule has 4 aliphatic carbocycles. The summed E-state index contributed by atoms with van der Waals surface area (Å²) >= 11 is 0. The summed E-state index contributed by atoms with van der Waals surface area (Å²) in [5.74, 6) is 2.94. The van der Waals surface area contributed by atoms with Gasteiger partial charge in [-0.3, -0.25) is 4.79 Å². The summed E-state index contributed by atoms with van der Waals surface area (Å²) in [5, 5.41) is 31.8. The smallest absolute Gasteiger partial charge is 0.303 e. The summed E-state index contributed by atoms with van der Waals surface area (Å²) in [4.78, 5) is 11.2. The first kappa shape index (κ1) is 33.2. The van der Waals surface area contributed by atoms with Crippen LogP contribution in [0, 0.1) is 46.3 Å². The van der Waals surface area contributed by atoms with Crippen molar-refractivity contribution in [1.29, 1.82) is 0 Å². The van der Waals surface area contributed by atoms with Gasteiger partial charge in [0.15, 0.2) is 0 Å². The molecular weight excluding hydrogens is 512 g/mol. The first-order valence-electron chi connectivity index (χ1n) is 17.5. The number of carboxylic acid groups (broad SMARTS) is 1. The number of hydrogen-bond acceptors (Lipinski definition) is 6. The van der Waals surface area contributed by atoms with Gasteiger partial charge in [0.1, 0.15) is 0 Å². The van der Waals surface area contributed by atoms with Crippen LogP contribution in [0.5, 0.6) is 0 Å². The third-order valence-electron chi connectivity index (χ3n) is 12.7. The van der Waals surface area contributed by atoms with E-state index in [-0.39, 0.29) is 11.5 Å². The largest absolute Gasteiger partial charge is 0.481 e. The lowest BCUT2D eigenvalue weighted by Crippen LogP contribution is -2.59. The molecule has 0 aromatic carbocycles. The number of fused-ring (bicyclic) bond motifs is 5. The molecule has 0 aromatic rings. The van der Waals surface area contributed by atoms with Crippen LogP contribution in [-0.2, 0) is 4.79 Å². The van der Waals surface area contributed by atoms with Gasteiger partial charge in [0, 0.05) is 12.5 Å². The zero-order valence-electron chi connectivity index (χ0n) is 26.6. The molecule has 4 fully saturated rings. The lowest BCUT2D eigenvalue weighted by atomic mass is 9.43. The molecule has 0 unspecified atom stereocenters. The fraction of sp³-hybridized carbons (Fsp3) is 0.971. The van der Waals surface area contributed by atoms with E-state index in [0.29, 0.717) is 47.5 Å². The van der Waals surface area contributed by atoms with Crippen LogP contribution in [0.4, 0.5) is 0 Å². The highest BCUT2D eigenvalue weighted by molar-refractivity contribution is 5.66. The Morgan fingerprint density at radius 3 is 2.22 bits per heavy atom. The molecule has 4 aliphatic rings. The van der Waals surface area contributed by atoms with Crippen LogP contribution in [0.15, 0.2) is 0 Å². The third-order valence-corrected chi connectivity index (χ3v) is 12.7. The highest BCUT2D eigenvalue weighted by Crippen LogP contribution is 2.68. The van der Waals surface area contributed by atoms with Crippen molar-refractivity contribution in [2.75, 3.05) is 39.3 Å². The maximum Gasteiger partial charge on any atom is 0.303 e. The maximum absolute atomic E-state index is 11.6. The average molecular weight is 577 g/mol.